The average Bonchev–Trinajstić information content (AvgIpc) is 2.43. The zero-order valence-corrected chi connectivity index (χ0v) is 9.83. The van der Waals surface area contributed by atoms with Gasteiger partial charge in [0.05, 0.1) is 16.5 Å². The van der Waals surface area contributed by atoms with Crippen molar-refractivity contribution in [2.24, 2.45) is 0 Å². The lowest BCUT2D eigenvalue weighted by molar-refractivity contribution is 0.474. The van der Waals surface area contributed by atoms with Crippen LogP contribution in [0.2, 0.25) is 0 Å². The molecule has 0 spiro atoms. The lowest BCUT2D eigenvalue weighted by Crippen LogP contribution is -2.28. The summed E-state index contributed by atoms with van der Waals surface area (Å²) in [5.41, 5.74) is -0.271. The number of hydrogen-bond acceptors (Lipinski definition) is 3. The smallest absolute Gasteiger partial charge is 0.277 e. The monoisotopic (exact) mass is 254 g/mol. The second-order valence-corrected chi connectivity index (χ2v) is 4.15. The number of phenolic OH excluding ortho intramolecular Hbond substituents is 1. The van der Waals surface area contributed by atoms with E-state index in [1.54, 1.807) is 36.4 Å². The minimum atomic E-state index is -0.349. The first kappa shape index (κ1) is 11.3. The van der Waals surface area contributed by atoms with Crippen LogP contribution in [0.25, 0.3) is 16.5 Å². The fraction of sp³-hybridized carbons (Fsp3) is 0. The van der Waals surface area contributed by atoms with Crippen LogP contribution in [0, 0.1) is 0 Å². The molecule has 0 atom stereocenters. The Hall–Kier alpha value is -2.82. The standard InChI is InChI=1S/C14H10N2O3/c17-10-5-3-4-9(8-10)16-14(19)12-7-2-1-6-11(12)13(18)15-16/h1-8,17H,(H,15,18). The van der Waals surface area contributed by atoms with E-state index in [-0.39, 0.29) is 16.9 Å². The van der Waals surface area contributed by atoms with Crippen molar-refractivity contribution < 1.29 is 5.11 Å². The average molecular weight is 254 g/mol. The molecule has 0 amide bonds. The summed E-state index contributed by atoms with van der Waals surface area (Å²) in [4.78, 5) is 24.2. The number of benzene rings is 2. The fourth-order valence-electron chi connectivity index (χ4n) is 2.01. The third-order valence-electron chi connectivity index (χ3n) is 2.91. The zero-order chi connectivity index (χ0) is 13.4. The molecule has 3 aromatic rings. The molecular weight excluding hydrogens is 244 g/mol. The van der Waals surface area contributed by atoms with Gasteiger partial charge >= 0.3 is 0 Å². The predicted octanol–water partition coefficient (Wildman–Crippen LogP) is 1.38. The van der Waals surface area contributed by atoms with Crippen molar-refractivity contribution in [1.29, 1.82) is 0 Å². The third kappa shape index (κ3) is 1.81. The molecule has 0 aliphatic heterocycles. The summed E-state index contributed by atoms with van der Waals surface area (Å²) in [6.45, 7) is 0. The second kappa shape index (κ2) is 4.13. The van der Waals surface area contributed by atoms with Gasteiger partial charge < -0.3 is 5.11 Å². The number of H-pyrrole nitrogens is 1. The SMILES string of the molecule is O=c1[nH]n(-c2cccc(O)c2)c(=O)c2ccccc12. The van der Waals surface area contributed by atoms with Crippen LogP contribution in [-0.4, -0.2) is 14.9 Å². The van der Waals surface area contributed by atoms with Crippen LogP contribution in [0.5, 0.6) is 5.75 Å². The molecule has 19 heavy (non-hydrogen) atoms. The van der Waals surface area contributed by atoms with Gasteiger partial charge in [0.15, 0.2) is 0 Å². The Balaban J connectivity index is 2.41. The van der Waals surface area contributed by atoms with Crippen molar-refractivity contribution in [3.8, 4) is 11.4 Å². The van der Waals surface area contributed by atoms with Crippen molar-refractivity contribution in [2.75, 3.05) is 0 Å². The number of aromatic nitrogens is 2. The Morgan fingerprint density at radius 2 is 1.68 bits per heavy atom. The van der Waals surface area contributed by atoms with Crippen molar-refractivity contribution >= 4 is 10.8 Å². The number of nitrogens with zero attached hydrogens (tertiary/aromatic N) is 1. The number of fused-ring (bicyclic) bond motifs is 1. The Bertz CT molecular complexity index is 877. The minimum absolute atomic E-state index is 0.0263. The molecule has 0 fully saturated rings. The number of hydrogen-bond donors (Lipinski definition) is 2. The van der Waals surface area contributed by atoms with Crippen molar-refractivity contribution in [3.63, 3.8) is 0 Å². The molecule has 1 aromatic heterocycles. The molecule has 0 radical (unpaired) electrons. The number of rotatable bonds is 1. The van der Waals surface area contributed by atoms with E-state index in [2.05, 4.69) is 5.10 Å². The van der Waals surface area contributed by atoms with Gasteiger partial charge in [0.2, 0.25) is 0 Å². The molecular formula is C14H10N2O3. The third-order valence-corrected chi connectivity index (χ3v) is 2.91. The van der Waals surface area contributed by atoms with Gasteiger partial charge in [0.1, 0.15) is 5.75 Å². The summed E-state index contributed by atoms with van der Waals surface area (Å²) in [5, 5.41) is 12.6. The first-order valence-electron chi connectivity index (χ1n) is 5.70. The van der Waals surface area contributed by atoms with Gasteiger partial charge in [-0.05, 0) is 24.3 Å². The summed E-state index contributed by atoms with van der Waals surface area (Å²) >= 11 is 0. The van der Waals surface area contributed by atoms with Gasteiger partial charge in [-0.25, -0.2) is 4.68 Å². The first-order chi connectivity index (χ1) is 9.16. The molecule has 2 N–H and O–H groups in total. The molecule has 2 aromatic carbocycles. The van der Waals surface area contributed by atoms with Crippen LogP contribution in [0.1, 0.15) is 0 Å². The van der Waals surface area contributed by atoms with E-state index in [4.69, 9.17) is 0 Å². The van der Waals surface area contributed by atoms with E-state index >= 15 is 0 Å². The van der Waals surface area contributed by atoms with Gasteiger partial charge in [0, 0.05) is 6.07 Å². The predicted molar refractivity (Wildman–Crippen MR) is 71.8 cm³/mol. The molecule has 0 aliphatic carbocycles. The van der Waals surface area contributed by atoms with E-state index in [0.29, 0.717) is 16.5 Å². The summed E-state index contributed by atoms with van der Waals surface area (Å²) in [7, 11) is 0. The fourth-order valence-corrected chi connectivity index (χ4v) is 2.01. The largest absolute Gasteiger partial charge is 0.508 e. The van der Waals surface area contributed by atoms with Crippen LogP contribution in [-0.2, 0) is 0 Å². The highest BCUT2D eigenvalue weighted by Crippen LogP contribution is 2.13. The number of aromatic hydroxyl groups is 1. The summed E-state index contributed by atoms with van der Waals surface area (Å²) in [6.07, 6.45) is 0. The van der Waals surface area contributed by atoms with Crippen molar-refractivity contribution in [3.05, 3.63) is 69.2 Å². The maximum atomic E-state index is 12.3. The lowest BCUT2D eigenvalue weighted by Gasteiger charge is -2.07. The van der Waals surface area contributed by atoms with E-state index in [9.17, 15) is 14.7 Å². The van der Waals surface area contributed by atoms with Crippen LogP contribution in [0.4, 0.5) is 0 Å². The van der Waals surface area contributed by atoms with Crippen LogP contribution in [0.3, 0.4) is 0 Å². The quantitative estimate of drug-likeness (QED) is 0.689. The molecule has 0 bridgehead atoms. The molecule has 94 valence electrons. The number of phenols is 1. The van der Waals surface area contributed by atoms with Crippen molar-refractivity contribution in [1.82, 2.24) is 9.78 Å². The lowest BCUT2D eigenvalue weighted by atomic mass is 10.2. The van der Waals surface area contributed by atoms with Crippen LogP contribution < -0.4 is 11.1 Å². The molecule has 0 unspecified atom stereocenters. The number of aromatic amines is 1. The highest BCUT2D eigenvalue weighted by atomic mass is 16.3. The van der Waals surface area contributed by atoms with Crippen molar-refractivity contribution in [2.45, 2.75) is 0 Å². The summed E-state index contributed by atoms with van der Waals surface area (Å²) in [5.74, 6) is 0.0263. The molecule has 5 heteroatoms. The van der Waals surface area contributed by atoms with Gasteiger partial charge in [-0.15, -0.1) is 0 Å². The maximum absolute atomic E-state index is 12.3. The Morgan fingerprint density at radius 1 is 0.947 bits per heavy atom. The van der Waals surface area contributed by atoms with Gasteiger partial charge in [-0.1, -0.05) is 18.2 Å². The first-order valence-corrected chi connectivity index (χ1v) is 5.70. The second-order valence-electron chi connectivity index (χ2n) is 4.15. The van der Waals surface area contributed by atoms with E-state index in [0.717, 1.165) is 4.68 Å². The summed E-state index contributed by atoms with van der Waals surface area (Å²) < 4.78 is 1.13. The molecule has 0 aliphatic rings. The molecule has 1 heterocycles. The number of nitrogens with one attached hydrogen (secondary N) is 1. The van der Waals surface area contributed by atoms with Gasteiger partial charge in [-0.3, -0.25) is 14.7 Å². The van der Waals surface area contributed by atoms with E-state index < -0.39 is 0 Å². The Labute approximate surface area is 107 Å². The molecule has 5 nitrogen and oxygen atoms in total. The Kier molecular flexibility index (Phi) is 2.45. The Morgan fingerprint density at radius 3 is 2.42 bits per heavy atom. The van der Waals surface area contributed by atoms with Crippen LogP contribution in [0.15, 0.2) is 58.1 Å². The molecule has 0 saturated heterocycles. The van der Waals surface area contributed by atoms with Gasteiger partial charge in [-0.2, -0.15) is 0 Å². The molecule has 3 rings (SSSR count). The molecule has 0 saturated carbocycles. The normalized spacial score (nSPS) is 10.7. The maximum Gasteiger partial charge on any atom is 0.277 e. The van der Waals surface area contributed by atoms with Gasteiger partial charge in [0.25, 0.3) is 11.1 Å². The topological polar surface area (TPSA) is 75.1 Å². The summed E-state index contributed by atoms with van der Waals surface area (Å²) in [6, 6.07) is 12.7. The van der Waals surface area contributed by atoms with Crippen LogP contribution >= 0.6 is 0 Å². The highest BCUT2D eigenvalue weighted by molar-refractivity contribution is 5.80. The van der Waals surface area contributed by atoms with E-state index in [1.807, 2.05) is 0 Å². The van der Waals surface area contributed by atoms with E-state index in [1.165, 1.54) is 12.1 Å². The minimum Gasteiger partial charge on any atom is -0.508 e. The zero-order valence-electron chi connectivity index (χ0n) is 9.83. The highest BCUT2D eigenvalue weighted by Gasteiger charge is 2.08.